The Morgan fingerprint density at radius 1 is 1.24 bits per heavy atom. The molecule has 0 unspecified atom stereocenters. The number of pyridine rings is 1. The predicted molar refractivity (Wildman–Crippen MR) is 92.3 cm³/mol. The van der Waals surface area contributed by atoms with E-state index < -0.39 is 24.2 Å². The van der Waals surface area contributed by atoms with Crippen LogP contribution in [-0.2, 0) is 0 Å². The zero-order valence-corrected chi connectivity index (χ0v) is 12.8. The molecule has 25 heavy (non-hydrogen) atoms. The Hall–Kier alpha value is -3.26. The minimum absolute atomic E-state index is 0.138. The highest BCUT2D eigenvalue weighted by Gasteiger charge is 2.35. The van der Waals surface area contributed by atoms with Crippen LogP contribution in [0.3, 0.4) is 0 Å². The number of rotatable bonds is 1. The summed E-state index contributed by atoms with van der Waals surface area (Å²) in [6.45, 7) is 0. The average molecular weight is 335 g/mol. The van der Waals surface area contributed by atoms with Crippen molar-refractivity contribution in [1.82, 2.24) is 9.90 Å². The highest BCUT2D eigenvalue weighted by atomic mass is 19.1. The van der Waals surface area contributed by atoms with Crippen LogP contribution in [0.25, 0.3) is 10.9 Å². The van der Waals surface area contributed by atoms with Crippen LogP contribution in [0.5, 0.6) is 0 Å². The Labute approximate surface area is 141 Å². The lowest BCUT2D eigenvalue weighted by Gasteiger charge is -2.24. The van der Waals surface area contributed by atoms with Crippen molar-refractivity contribution in [3.05, 3.63) is 75.8 Å². The van der Waals surface area contributed by atoms with E-state index in [4.69, 9.17) is 0 Å². The number of halogens is 1. The number of aromatic nitrogens is 1. The lowest BCUT2D eigenvalue weighted by molar-refractivity contribution is 0.0844. The van der Waals surface area contributed by atoms with Gasteiger partial charge in [0.2, 0.25) is 5.43 Å². The van der Waals surface area contributed by atoms with E-state index in [-0.39, 0.29) is 5.56 Å². The maximum Gasteiger partial charge on any atom is 0.474 e. The van der Waals surface area contributed by atoms with Gasteiger partial charge < -0.3 is 10.0 Å². The molecule has 1 aromatic heterocycles. The molecule has 0 saturated heterocycles. The second-order valence-corrected chi connectivity index (χ2v) is 5.62. The van der Waals surface area contributed by atoms with Crippen molar-refractivity contribution in [2.45, 2.75) is 0 Å². The molecule has 4 rings (SSSR count). The number of carbonyl (C=O) groups excluding carboxylic acids is 1. The molecule has 1 aliphatic heterocycles. The molecule has 0 bridgehead atoms. The van der Waals surface area contributed by atoms with Gasteiger partial charge in [0.1, 0.15) is 11.4 Å². The molecule has 0 atom stereocenters. The first-order valence-electron chi connectivity index (χ1n) is 7.52. The monoisotopic (exact) mass is 335 g/mol. The minimum Gasteiger partial charge on any atom is -0.427 e. The largest absolute Gasteiger partial charge is 0.474 e. The maximum atomic E-state index is 13.3. The standard InChI is InChI=1S/C17H11BFN3O3/c19-11-5-6-14-10(7-11)8-21-22(18(14)25)17(24)13-9-20-15-4-2-1-3-12(15)16(13)23/h1-9,25H,(H,20,23). The molecule has 8 heteroatoms. The SMILES string of the molecule is O=C(c1c[nH]c2ccccc2c1=O)N1N=Cc2cc(F)ccc2B1O. The summed E-state index contributed by atoms with van der Waals surface area (Å²) in [6, 6.07) is 10.6. The van der Waals surface area contributed by atoms with Gasteiger partial charge in [0.15, 0.2) is 0 Å². The predicted octanol–water partition coefficient (Wildman–Crippen LogP) is 0.845. The fraction of sp³-hybridized carbons (Fsp3) is 0. The van der Waals surface area contributed by atoms with E-state index in [0.29, 0.717) is 21.9 Å². The molecular formula is C17H11BFN3O3. The molecule has 2 N–H and O–H groups in total. The summed E-state index contributed by atoms with van der Waals surface area (Å²) in [5.74, 6) is -1.21. The van der Waals surface area contributed by atoms with Gasteiger partial charge in [-0.15, -0.1) is 0 Å². The Kier molecular flexibility index (Phi) is 3.47. The topological polar surface area (TPSA) is 85.8 Å². The van der Waals surface area contributed by atoms with E-state index in [1.807, 2.05) is 0 Å². The Morgan fingerprint density at radius 2 is 2.04 bits per heavy atom. The van der Waals surface area contributed by atoms with Gasteiger partial charge in [-0.1, -0.05) is 18.2 Å². The number of nitrogens with zero attached hydrogens (tertiary/aromatic N) is 2. The number of hydrazone groups is 1. The first-order valence-corrected chi connectivity index (χ1v) is 7.52. The molecular weight excluding hydrogens is 324 g/mol. The second-order valence-electron chi connectivity index (χ2n) is 5.62. The number of nitrogens with one attached hydrogen (secondary N) is 1. The number of fused-ring (bicyclic) bond motifs is 2. The van der Waals surface area contributed by atoms with E-state index in [0.717, 1.165) is 4.92 Å². The van der Waals surface area contributed by atoms with Crippen LogP contribution in [0.4, 0.5) is 4.39 Å². The van der Waals surface area contributed by atoms with Crippen molar-refractivity contribution < 1.29 is 14.2 Å². The highest BCUT2D eigenvalue weighted by molar-refractivity contribution is 6.68. The smallest absolute Gasteiger partial charge is 0.427 e. The molecule has 0 saturated carbocycles. The third-order valence-corrected chi connectivity index (χ3v) is 4.11. The lowest BCUT2D eigenvalue weighted by Crippen LogP contribution is -2.53. The quantitative estimate of drug-likeness (QED) is 0.647. The molecule has 0 aliphatic carbocycles. The van der Waals surface area contributed by atoms with Gasteiger partial charge in [-0.2, -0.15) is 5.10 Å². The maximum absolute atomic E-state index is 13.3. The van der Waals surface area contributed by atoms with Crippen LogP contribution in [0.15, 0.2) is 58.6 Å². The van der Waals surface area contributed by atoms with Crippen molar-refractivity contribution in [3.8, 4) is 0 Å². The minimum atomic E-state index is -1.40. The summed E-state index contributed by atoms with van der Waals surface area (Å²) in [6.07, 6.45) is 2.58. The number of amides is 1. The zero-order chi connectivity index (χ0) is 17.6. The fourth-order valence-electron chi connectivity index (χ4n) is 2.83. The summed E-state index contributed by atoms with van der Waals surface area (Å²) in [5, 5.41) is 14.7. The van der Waals surface area contributed by atoms with E-state index in [1.165, 1.54) is 30.6 Å². The van der Waals surface area contributed by atoms with Crippen LogP contribution in [-0.4, -0.2) is 34.1 Å². The average Bonchev–Trinajstić information content (AvgIpc) is 2.62. The van der Waals surface area contributed by atoms with Gasteiger partial charge in [0.25, 0.3) is 5.91 Å². The fourth-order valence-corrected chi connectivity index (χ4v) is 2.83. The van der Waals surface area contributed by atoms with E-state index in [2.05, 4.69) is 10.1 Å². The van der Waals surface area contributed by atoms with Crippen molar-refractivity contribution in [1.29, 1.82) is 0 Å². The Bertz CT molecular complexity index is 1100. The number of para-hydroxylation sites is 1. The number of H-pyrrole nitrogens is 1. The molecule has 0 radical (unpaired) electrons. The molecule has 2 aromatic carbocycles. The third-order valence-electron chi connectivity index (χ3n) is 4.11. The third kappa shape index (κ3) is 2.43. The van der Waals surface area contributed by atoms with Gasteiger partial charge in [-0.05, 0) is 35.3 Å². The van der Waals surface area contributed by atoms with Crippen LogP contribution >= 0.6 is 0 Å². The van der Waals surface area contributed by atoms with Gasteiger partial charge in [-0.25, -0.2) is 9.31 Å². The van der Waals surface area contributed by atoms with Gasteiger partial charge in [0.05, 0.1) is 6.21 Å². The van der Waals surface area contributed by atoms with Crippen LogP contribution < -0.4 is 10.9 Å². The van der Waals surface area contributed by atoms with Gasteiger partial charge in [0, 0.05) is 17.1 Å². The molecule has 3 aromatic rings. The van der Waals surface area contributed by atoms with Crippen molar-refractivity contribution in [2.24, 2.45) is 5.10 Å². The van der Waals surface area contributed by atoms with Crippen LogP contribution in [0.1, 0.15) is 15.9 Å². The molecule has 6 nitrogen and oxygen atoms in total. The van der Waals surface area contributed by atoms with Crippen molar-refractivity contribution in [3.63, 3.8) is 0 Å². The summed E-state index contributed by atoms with van der Waals surface area (Å²) >= 11 is 0. The summed E-state index contributed by atoms with van der Waals surface area (Å²) in [5.41, 5.74) is 0.727. The van der Waals surface area contributed by atoms with E-state index in [1.54, 1.807) is 24.3 Å². The van der Waals surface area contributed by atoms with Crippen LogP contribution in [0, 0.1) is 5.82 Å². The zero-order valence-electron chi connectivity index (χ0n) is 12.8. The molecule has 1 amide bonds. The molecule has 2 heterocycles. The number of aromatic amines is 1. The summed E-state index contributed by atoms with van der Waals surface area (Å²) < 4.78 is 13.3. The van der Waals surface area contributed by atoms with Crippen LogP contribution in [0.2, 0.25) is 0 Å². The second kappa shape index (κ2) is 5.68. The normalized spacial score (nSPS) is 13.2. The number of hydrogen-bond acceptors (Lipinski definition) is 4. The Morgan fingerprint density at radius 3 is 2.88 bits per heavy atom. The number of benzene rings is 2. The first-order chi connectivity index (χ1) is 12.1. The van der Waals surface area contributed by atoms with Crippen molar-refractivity contribution in [2.75, 3.05) is 0 Å². The summed E-state index contributed by atoms with van der Waals surface area (Å²) in [4.78, 5) is 29.0. The van der Waals surface area contributed by atoms with Gasteiger partial charge in [-0.3, -0.25) is 9.59 Å². The van der Waals surface area contributed by atoms with E-state index >= 15 is 0 Å². The van der Waals surface area contributed by atoms with Crippen molar-refractivity contribution >= 4 is 35.5 Å². The summed E-state index contributed by atoms with van der Waals surface area (Å²) in [7, 11) is -1.40. The highest BCUT2D eigenvalue weighted by Crippen LogP contribution is 2.13. The number of hydrogen-bond donors (Lipinski definition) is 2. The number of carbonyl (C=O) groups is 1. The first kappa shape index (κ1) is 15.3. The molecule has 1 aliphatic rings. The molecule has 0 fully saturated rings. The molecule has 122 valence electrons. The molecule has 0 spiro atoms. The van der Waals surface area contributed by atoms with E-state index in [9.17, 15) is 19.0 Å². The Balaban J connectivity index is 1.77. The lowest BCUT2D eigenvalue weighted by atomic mass is 9.69. The van der Waals surface area contributed by atoms with Gasteiger partial charge >= 0.3 is 7.05 Å².